The quantitative estimate of drug-likeness (QED) is 0.617. The molecule has 0 spiro atoms. The van der Waals surface area contributed by atoms with Crippen LogP contribution in [0.2, 0.25) is 0 Å². The van der Waals surface area contributed by atoms with Crippen molar-refractivity contribution in [3.63, 3.8) is 0 Å². The van der Waals surface area contributed by atoms with Crippen LogP contribution in [0.5, 0.6) is 0 Å². The molecule has 0 heterocycles. The fourth-order valence-corrected chi connectivity index (χ4v) is 3.27. The first-order valence-electron chi connectivity index (χ1n) is 8.13. The van der Waals surface area contributed by atoms with Crippen molar-refractivity contribution in [2.45, 2.75) is 38.0 Å². The van der Waals surface area contributed by atoms with Crippen molar-refractivity contribution in [1.29, 1.82) is 5.26 Å². The van der Waals surface area contributed by atoms with E-state index < -0.39 is 26.7 Å². The molecule has 2 atom stereocenters. The highest BCUT2D eigenvalue weighted by atomic mass is 32.2. The molecule has 0 bridgehead atoms. The van der Waals surface area contributed by atoms with E-state index in [4.69, 9.17) is 5.26 Å². The molecule has 0 radical (unpaired) electrons. The molecule has 26 heavy (non-hydrogen) atoms. The van der Waals surface area contributed by atoms with Crippen LogP contribution in [-0.4, -0.2) is 13.9 Å². The van der Waals surface area contributed by atoms with Gasteiger partial charge < -0.3 is 0 Å². The Kier molecular flexibility index (Phi) is 6.24. The topological polar surface area (TPSA) is 96.0 Å². The molecular formula is C19H21N3O3S. The Morgan fingerprint density at radius 1 is 1.23 bits per heavy atom. The van der Waals surface area contributed by atoms with Crippen molar-refractivity contribution in [2.75, 3.05) is 0 Å². The van der Waals surface area contributed by atoms with E-state index in [-0.39, 0.29) is 12.1 Å². The minimum Gasteiger partial charge on any atom is -0.258 e. The number of rotatable bonds is 6. The van der Waals surface area contributed by atoms with E-state index >= 15 is 0 Å². The molecule has 1 N–H and O–H groups in total. The number of nitro groups is 1. The Morgan fingerprint density at radius 2 is 1.92 bits per heavy atom. The zero-order chi connectivity index (χ0) is 19.3. The lowest BCUT2D eigenvalue weighted by Gasteiger charge is -2.25. The van der Waals surface area contributed by atoms with E-state index in [0.717, 1.165) is 5.56 Å². The summed E-state index contributed by atoms with van der Waals surface area (Å²) in [7, 11) is -1.37. The first-order chi connectivity index (χ1) is 12.2. The zero-order valence-electron chi connectivity index (χ0n) is 14.9. The molecule has 0 aliphatic rings. The van der Waals surface area contributed by atoms with Crippen LogP contribution in [0.25, 0.3) is 0 Å². The van der Waals surface area contributed by atoms with Crippen LogP contribution in [0.3, 0.4) is 0 Å². The van der Waals surface area contributed by atoms with Gasteiger partial charge in [0.15, 0.2) is 0 Å². The monoisotopic (exact) mass is 371 g/mol. The molecule has 6 nitrogen and oxygen atoms in total. The summed E-state index contributed by atoms with van der Waals surface area (Å²) in [5.74, 6) is 0. The number of para-hydroxylation sites is 1. The number of nitro benzene ring substituents is 1. The predicted molar refractivity (Wildman–Crippen MR) is 102 cm³/mol. The summed E-state index contributed by atoms with van der Waals surface area (Å²) in [5.41, 5.74) is 1.82. The number of nitrogens with zero attached hydrogens (tertiary/aromatic N) is 2. The van der Waals surface area contributed by atoms with E-state index in [1.54, 1.807) is 36.4 Å². The van der Waals surface area contributed by atoms with Gasteiger partial charge in [0.25, 0.3) is 5.69 Å². The van der Waals surface area contributed by atoms with Crippen molar-refractivity contribution >= 4 is 16.7 Å². The average Bonchev–Trinajstić information content (AvgIpc) is 2.60. The van der Waals surface area contributed by atoms with E-state index in [0.29, 0.717) is 11.1 Å². The lowest BCUT2D eigenvalue weighted by molar-refractivity contribution is -0.385. The molecular weight excluding hydrogens is 350 g/mol. The number of hydrogen-bond acceptors (Lipinski definition) is 4. The second-order valence-electron chi connectivity index (χ2n) is 6.88. The van der Waals surface area contributed by atoms with Gasteiger partial charge >= 0.3 is 0 Å². The molecule has 0 fully saturated rings. The van der Waals surface area contributed by atoms with Gasteiger partial charge in [0, 0.05) is 17.7 Å². The Hall–Kier alpha value is -2.56. The minimum atomic E-state index is -1.37. The van der Waals surface area contributed by atoms with Crippen LogP contribution in [0.1, 0.15) is 43.5 Å². The molecule has 0 saturated carbocycles. The van der Waals surface area contributed by atoms with Gasteiger partial charge in [-0.1, -0.05) is 30.3 Å². The van der Waals surface area contributed by atoms with Crippen molar-refractivity contribution in [3.05, 3.63) is 75.3 Å². The molecule has 0 aromatic heterocycles. The Bertz CT molecular complexity index is 869. The number of benzene rings is 2. The highest BCUT2D eigenvalue weighted by molar-refractivity contribution is 7.84. The standard InChI is InChI=1S/C19H21N3O3S/c1-19(2,3)26(25)21-17(15-9-6-7-14(11-15)13-20)12-16-8-4-5-10-18(16)22(23)24/h4-11,17,21H,12H2,1-3H3/t17-,26?/m1/s1. The van der Waals surface area contributed by atoms with Crippen molar-refractivity contribution in [1.82, 2.24) is 4.72 Å². The smallest absolute Gasteiger partial charge is 0.258 e. The molecule has 136 valence electrons. The molecule has 7 heteroatoms. The third-order valence-electron chi connectivity index (χ3n) is 3.84. The summed E-state index contributed by atoms with van der Waals surface area (Å²) in [4.78, 5) is 10.9. The maximum Gasteiger partial charge on any atom is 0.272 e. The van der Waals surface area contributed by atoms with E-state index in [2.05, 4.69) is 10.8 Å². The van der Waals surface area contributed by atoms with Gasteiger partial charge in [0.1, 0.15) is 0 Å². The molecule has 2 aromatic rings. The number of nitrogens with one attached hydrogen (secondary N) is 1. The summed E-state index contributed by atoms with van der Waals surface area (Å²) in [5, 5.41) is 20.4. The van der Waals surface area contributed by atoms with Crippen LogP contribution >= 0.6 is 0 Å². The third kappa shape index (κ3) is 4.97. The molecule has 0 saturated heterocycles. The summed E-state index contributed by atoms with van der Waals surface area (Å²) in [6.07, 6.45) is 0.286. The minimum absolute atomic E-state index is 0.0253. The van der Waals surface area contributed by atoms with Gasteiger partial charge in [-0.3, -0.25) is 10.1 Å². The molecule has 2 aromatic carbocycles. The van der Waals surface area contributed by atoms with Gasteiger partial charge in [0.2, 0.25) is 0 Å². The summed E-state index contributed by atoms with van der Waals surface area (Å²) in [6, 6.07) is 15.2. The second-order valence-corrected chi connectivity index (χ2v) is 8.88. The fourth-order valence-electron chi connectivity index (χ4n) is 2.44. The number of hydrogen-bond donors (Lipinski definition) is 1. The average molecular weight is 371 g/mol. The molecule has 1 unspecified atom stereocenters. The van der Waals surface area contributed by atoms with Gasteiger partial charge in [-0.05, 0) is 44.9 Å². The predicted octanol–water partition coefficient (Wildman–Crippen LogP) is 3.80. The molecule has 0 amide bonds. The van der Waals surface area contributed by atoms with E-state index in [1.165, 1.54) is 6.07 Å². The molecule has 0 aliphatic heterocycles. The maximum atomic E-state index is 12.6. The fraction of sp³-hybridized carbons (Fsp3) is 0.316. The molecule has 0 aliphatic carbocycles. The van der Waals surface area contributed by atoms with Crippen LogP contribution in [0.15, 0.2) is 48.5 Å². The number of nitriles is 1. The highest BCUT2D eigenvalue weighted by Gasteiger charge is 2.26. The zero-order valence-corrected chi connectivity index (χ0v) is 15.7. The highest BCUT2D eigenvalue weighted by Crippen LogP contribution is 2.27. The SMILES string of the molecule is CC(C)(C)S(=O)N[C@H](Cc1ccccc1[N+](=O)[O-])c1cccc(C#N)c1. The van der Waals surface area contributed by atoms with Crippen molar-refractivity contribution < 1.29 is 9.13 Å². The normalized spacial score (nSPS) is 13.6. The second kappa shape index (κ2) is 8.21. The summed E-state index contributed by atoms with van der Waals surface area (Å²) >= 11 is 0. The van der Waals surface area contributed by atoms with Crippen molar-refractivity contribution in [2.24, 2.45) is 0 Å². The summed E-state index contributed by atoms with van der Waals surface area (Å²) in [6.45, 7) is 5.55. The first kappa shape index (κ1) is 19.8. The Morgan fingerprint density at radius 3 is 2.54 bits per heavy atom. The molecule has 2 rings (SSSR count). The Balaban J connectivity index is 2.42. The van der Waals surface area contributed by atoms with Crippen LogP contribution in [-0.2, 0) is 17.4 Å². The van der Waals surface area contributed by atoms with Crippen LogP contribution < -0.4 is 4.72 Å². The lowest BCUT2D eigenvalue weighted by Crippen LogP contribution is -2.36. The van der Waals surface area contributed by atoms with Gasteiger partial charge in [0.05, 0.1) is 32.3 Å². The van der Waals surface area contributed by atoms with Gasteiger partial charge in [-0.2, -0.15) is 5.26 Å². The maximum absolute atomic E-state index is 12.6. The van der Waals surface area contributed by atoms with Crippen molar-refractivity contribution in [3.8, 4) is 6.07 Å². The van der Waals surface area contributed by atoms with Crippen LogP contribution in [0.4, 0.5) is 5.69 Å². The third-order valence-corrected chi connectivity index (χ3v) is 5.45. The van der Waals surface area contributed by atoms with Crippen LogP contribution in [0, 0.1) is 21.4 Å². The first-order valence-corrected chi connectivity index (χ1v) is 9.27. The van der Waals surface area contributed by atoms with E-state index in [9.17, 15) is 14.3 Å². The van der Waals surface area contributed by atoms with Gasteiger partial charge in [-0.25, -0.2) is 8.93 Å². The Labute approximate surface area is 155 Å². The van der Waals surface area contributed by atoms with E-state index in [1.807, 2.05) is 26.8 Å². The summed E-state index contributed by atoms with van der Waals surface area (Å²) < 4.78 is 15.2. The lowest BCUT2D eigenvalue weighted by atomic mass is 9.97. The largest absolute Gasteiger partial charge is 0.272 e. The van der Waals surface area contributed by atoms with Gasteiger partial charge in [-0.15, -0.1) is 0 Å².